The lowest BCUT2D eigenvalue weighted by molar-refractivity contribution is 0.785. The van der Waals surface area contributed by atoms with E-state index in [1.165, 1.54) is 11.1 Å². The zero-order valence-corrected chi connectivity index (χ0v) is 7.57. The summed E-state index contributed by atoms with van der Waals surface area (Å²) in [6.07, 6.45) is 6.55. The average molecular weight is 171 g/mol. The molecule has 0 N–H and O–H groups in total. The fraction of sp³-hybridized carbons (Fsp3) is 0.182. The van der Waals surface area contributed by atoms with E-state index < -0.39 is 0 Å². The average Bonchev–Trinajstić information content (AvgIpc) is 2.61. The first-order valence-corrected chi connectivity index (χ1v) is 4.29. The lowest BCUT2D eigenvalue weighted by atomic mass is 10.1. The summed E-state index contributed by atoms with van der Waals surface area (Å²) in [5.74, 6) is 0. The molecule has 0 aliphatic rings. The van der Waals surface area contributed by atoms with Gasteiger partial charge in [-0.25, -0.2) is 4.98 Å². The molecule has 1 aromatic carbocycles. The first-order chi connectivity index (χ1) is 6.36. The Labute approximate surface area is 77.9 Å². The molecule has 2 aromatic rings. The molecule has 0 amide bonds. The molecular weight excluding hydrogens is 160 g/mol. The topological polar surface area (TPSA) is 17.8 Å². The Bertz CT molecular complexity index is 377. The van der Waals surface area contributed by atoms with Crippen LogP contribution in [0.2, 0.25) is 0 Å². The van der Waals surface area contributed by atoms with E-state index in [1.54, 1.807) is 6.20 Å². The van der Waals surface area contributed by atoms with Crippen LogP contribution < -0.4 is 0 Å². The Morgan fingerprint density at radius 2 is 2.23 bits per heavy atom. The summed E-state index contributed by atoms with van der Waals surface area (Å²) in [7, 11) is 0. The van der Waals surface area contributed by atoms with Gasteiger partial charge in [-0.1, -0.05) is 24.3 Å². The van der Waals surface area contributed by atoms with E-state index in [9.17, 15) is 0 Å². The van der Waals surface area contributed by atoms with E-state index in [0.717, 1.165) is 6.54 Å². The predicted octanol–water partition coefficient (Wildman–Crippen LogP) is 2.04. The number of aromatic nitrogens is 2. The highest BCUT2D eigenvalue weighted by Gasteiger charge is 1.97. The lowest BCUT2D eigenvalue weighted by Gasteiger charge is -2.04. The van der Waals surface area contributed by atoms with Crippen LogP contribution in [0.4, 0.5) is 0 Å². The third-order valence-electron chi connectivity index (χ3n) is 2.11. The molecule has 0 aliphatic heterocycles. The van der Waals surface area contributed by atoms with Crippen LogP contribution in [-0.2, 0) is 6.54 Å². The van der Waals surface area contributed by atoms with Crippen molar-refractivity contribution >= 4 is 0 Å². The number of rotatable bonds is 2. The molecule has 0 saturated heterocycles. The molecule has 13 heavy (non-hydrogen) atoms. The fourth-order valence-corrected chi connectivity index (χ4v) is 1.31. The Hall–Kier alpha value is -1.57. The molecule has 65 valence electrons. The van der Waals surface area contributed by atoms with Gasteiger partial charge in [0, 0.05) is 18.9 Å². The van der Waals surface area contributed by atoms with E-state index in [0.29, 0.717) is 0 Å². The van der Waals surface area contributed by atoms with Gasteiger partial charge in [-0.3, -0.25) is 0 Å². The van der Waals surface area contributed by atoms with Crippen molar-refractivity contribution in [2.75, 3.05) is 0 Å². The zero-order chi connectivity index (χ0) is 9.10. The van der Waals surface area contributed by atoms with Gasteiger partial charge in [0.25, 0.3) is 0 Å². The van der Waals surface area contributed by atoms with Crippen molar-refractivity contribution in [2.24, 2.45) is 0 Å². The van der Waals surface area contributed by atoms with Crippen molar-refractivity contribution in [3.05, 3.63) is 54.1 Å². The minimum atomic E-state index is 0.854. The number of aryl methyl sites for hydroxylation is 1. The van der Waals surface area contributed by atoms with E-state index in [4.69, 9.17) is 0 Å². The number of nitrogens with zero attached hydrogens (tertiary/aromatic N) is 2. The van der Waals surface area contributed by atoms with Crippen molar-refractivity contribution < 1.29 is 0 Å². The molecule has 1 aromatic heterocycles. The molecular formula is C11H11N2. The first-order valence-electron chi connectivity index (χ1n) is 4.29. The largest absolute Gasteiger partial charge is 0.324 e. The van der Waals surface area contributed by atoms with Gasteiger partial charge in [-0.2, -0.15) is 0 Å². The van der Waals surface area contributed by atoms with Gasteiger partial charge >= 0.3 is 0 Å². The van der Waals surface area contributed by atoms with Crippen molar-refractivity contribution in [3.63, 3.8) is 0 Å². The molecule has 2 nitrogen and oxygen atoms in total. The third-order valence-corrected chi connectivity index (χ3v) is 2.11. The molecule has 1 radical (unpaired) electrons. The van der Waals surface area contributed by atoms with Gasteiger partial charge in [0.1, 0.15) is 0 Å². The van der Waals surface area contributed by atoms with Crippen molar-refractivity contribution in [2.45, 2.75) is 13.5 Å². The molecule has 2 heteroatoms. The van der Waals surface area contributed by atoms with E-state index >= 15 is 0 Å². The number of hydrogen-bond acceptors (Lipinski definition) is 1. The van der Waals surface area contributed by atoms with Gasteiger partial charge in [0.15, 0.2) is 6.33 Å². The van der Waals surface area contributed by atoms with Crippen LogP contribution in [0.1, 0.15) is 11.1 Å². The zero-order valence-electron chi connectivity index (χ0n) is 7.57. The van der Waals surface area contributed by atoms with Crippen LogP contribution in [0.25, 0.3) is 0 Å². The Morgan fingerprint density at radius 1 is 1.38 bits per heavy atom. The van der Waals surface area contributed by atoms with E-state index in [1.807, 2.05) is 10.8 Å². The molecule has 2 rings (SSSR count). The fourth-order valence-electron chi connectivity index (χ4n) is 1.31. The van der Waals surface area contributed by atoms with Gasteiger partial charge in [0.2, 0.25) is 0 Å². The minimum Gasteiger partial charge on any atom is -0.324 e. The monoisotopic (exact) mass is 171 g/mol. The van der Waals surface area contributed by atoms with Crippen LogP contribution in [0, 0.1) is 13.3 Å². The van der Waals surface area contributed by atoms with Crippen LogP contribution in [0.15, 0.2) is 36.7 Å². The standard InChI is InChI=1S/C11H11N2/c1-10-4-2-3-5-11(10)8-13-7-6-12-9-13/h2-7H,8H2,1H3. The maximum absolute atomic E-state index is 3.89. The second kappa shape index (κ2) is 3.44. The Balaban J connectivity index is 2.24. The van der Waals surface area contributed by atoms with Crippen molar-refractivity contribution in [1.82, 2.24) is 9.55 Å². The maximum Gasteiger partial charge on any atom is 0.176 e. The lowest BCUT2D eigenvalue weighted by Crippen LogP contribution is -1.98. The normalized spacial score (nSPS) is 10.2. The molecule has 0 bridgehead atoms. The molecule has 1 heterocycles. The van der Waals surface area contributed by atoms with Crippen molar-refractivity contribution in [3.8, 4) is 0 Å². The smallest absolute Gasteiger partial charge is 0.176 e. The molecule has 0 unspecified atom stereocenters. The summed E-state index contributed by atoms with van der Waals surface area (Å²) in [5, 5.41) is 0. The summed E-state index contributed by atoms with van der Waals surface area (Å²) < 4.78 is 1.95. The van der Waals surface area contributed by atoms with Gasteiger partial charge < -0.3 is 4.57 Å². The molecule has 0 atom stereocenters. The van der Waals surface area contributed by atoms with Gasteiger partial charge in [-0.15, -0.1) is 0 Å². The molecule has 0 spiro atoms. The van der Waals surface area contributed by atoms with E-state index in [2.05, 4.69) is 42.5 Å². The minimum absolute atomic E-state index is 0.854. The summed E-state index contributed by atoms with van der Waals surface area (Å²) in [5.41, 5.74) is 2.63. The summed E-state index contributed by atoms with van der Waals surface area (Å²) >= 11 is 0. The van der Waals surface area contributed by atoms with Gasteiger partial charge in [0.05, 0.1) is 0 Å². The quantitative estimate of drug-likeness (QED) is 0.676. The first kappa shape index (κ1) is 8.05. The van der Waals surface area contributed by atoms with E-state index in [-0.39, 0.29) is 0 Å². The highest BCUT2D eigenvalue weighted by Crippen LogP contribution is 2.08. The second-order valence-electron chi connectivity index (χ2n) is 3.08. The van der Waals surface area contributed by atoms with Crippen molar-refractivity contribution in [1.29, 1.82) is 0 Å². The SMILES string of the molecule is Cc1ccccc1Cn1[c]ncc1. The Kier molecular flexibility index (Phi) is 2.13. The summed E-state index contributed by atoms with van der Waals surface area (Å²) in [6, 6.07) is 8.35. The maximum atomic E-state index is 3.89. The molecule has 0 aliphatic carbocycles. The number of benzene rings is 1. The predicted molar refractivity (Wildman–Crippen MR) is 51.3 cm³/mol. The van der Waals surface area contributed by atoms with Crippen LogP contribution in [0.5, 0.6) is 0 Å². The number of imidazole rings is 1. The van der Waals surface area contributed by atoms with Crippen LogP contribution in [-0.4, -0.2) is 9.55 Å². The van der Waals surface area contributed by atoms with Crippen LogP contribution in [0.3, 0.4) is 0 Å². The van der Waals surface area contributed by atoms with Gasteiger partial charge in [-0.05, 0) is 18.1 Å². The highest BCUT2D eigenvalue weighted by molar-refractivity contribution is 5.25. The highest BCUT2D eigenvalue weighted by atomic mass is 15.0. The molecule has 0 fully saturated rings. The third kappa shape index (κ3) is 1.78. The number of hydrogen-bond donors (Lipinski definition) is 0. The van der Waals surface area contributed by atoms with Crippen LogP contribution >= 0.6 is 0 Å². The summed E-state index contributed by atoms with van der Waals surface area (Å²) in [6.45, 7) is 2.97. The Morgan fingerprint density at radius 3 is 2.92 bits per heavy atom. The molecule has 0 saturated carbocycles. The second-order valence-corrected chi connectivity index (χ2v) is 3.08. The summed E-state index contributed by atoms with van der Waals surface area (Å²) in [4.78, 5) is 3.89.